The van der Waals surface area contributed by atoms with Crippen LogP contribution in [0.3, 0.4) is 0 Å². The lowest BCUT2D eigenvalue weighted by atomic mass is 9.94. The molecule has 5 nitrogen and oxygen atoms in total. The van der Waals surface area contributed by atoms with Crippen molar-refractivity contribution in [1.82, 2.24) is 10.6 Å². The summed E-state index contributed by atoms with van der Waals surface area (Å²) in [6.07, 6.45) is 3.75. The Hall–Kier alpha value is -2.27. The van der Waals surface area contributed by atoms with Crippen LogP contribution in [0, 0.1) is 5.92 Å². The molecule has 1 aromatic heterocycles. The topological polar surface area (TPSA) is 57.5 Å². The Morgan fingerprint density at radius 3 is 3.00 bits per heavy atom. The van der Waals surface area contributed by atoms with Crippen LogP contribution in [0.2, 0.25) is 0 Å². The van der Waals surface area contributed by atoms with Crippen LogP contribution in [-0.2, 0) is 13.0 Å². The monoisotopic (exact) mass is 353 g/mol. The lowest BCUT2D eigenvalue weighted by molar-refractivity contribution is 0.0885. The van der Waals surface area contributed by atoms with E-state index < -0.39 is 0 Å². The molecule has 2 aliphatic heterocycles. The van der Waals surface area contributed by atoms with E-state index in [1.165, 1.54) is 11.3 Å². The predicted molar refractivity (Wildman–Crippen MR) is 102 cm³/mol. The van der Waals surface area contributed by atoms with Crippen LogP contribution < -0.4 is 15.5 Å². The highest BCUT2D eigenvalue weighted by Gasteiger charge is 2.29. The number of piperidine rings is 1. The van der Waals surface area contributed by atoms with Gasteiger partial charge < -0.3 is 20.0 Å². The first-order valence-electron chi connectivity index (χ1n) is 9.56. The van der Waals surface area contributed by atoms with E-state index in [4.69, 9.17) is 4.42 Å². The molecule has 1 fully saturated rings. The van der Waals surface area contributed by atoms with E-state index in [1.807, 2.05) is 6.07 Å². The van der Waals surface area contributed by atoms with Crippen molar-refractivity contribution < 1.29 is 9.21 Å². The lowest BCUT2D eigenvalue weighted by Crippen LogP contribution is -2.50. The first kappa shape index (κ1) is 17.2. The van der Waals surface area contributed by atoms with Crippen LogP contribution >= 0.6 is 0 Å². The molecular formula is C21H27N3O2. The zero-order valence-corrected chi connectivity index (χ0v) is 15.5. The highest BCUT2D eigenvalue weighted by Crippen LogP contribution is 2.33. The number of carbonyl (C=O) groups is 1. The van der Waals surface area contributed by atoms with Crippen LogP contribution in [-0.4, -0.2) is 31.1 Å². The number of benzene rings is 1. The summed E-state index contributed by atoms with van der Waals surface area (Å²) in [7, 11) is 0. The minimum atomic E-state index is -0.106. The van der Waals surface area contributed by atoms with Gasteiger partial charge in [-0.2, -0.15) is 0 Å². The molecule has 0 aliphatic carbocycles. The SMILES string of the molecule is CC1CCNCC1NC(=O)c1occc1CN1c2ccccc2CC1C. The minimum Gasteiger partial charge on any atom is -0.459 e. The predicted octanol–water partition coefficient (Wildman–Crippen LogP) is 2.96. The summed E-state index contributed by atoms with van der Waals surface area (Å²) in [5, 5.41) is 6.51. The molecule has 3 unspecified atom stereocenters. The van der Waals surface area contributed by atoms with Gasteiger partial charge in [0.25, 0.3) is 5.91 Å². The Morgan fingerprint density at radius 1 is 1.31 bits per heavy atom. The minimum absolute atomic E-state index is 0.106. The number of rotatable bonds is 4. The number of fused-ring (bicyclic) bond motifs is 1. The largest absolute Gasteiger partial charge is 0.459 e. The normalized spacial score (nSPS) is 25.2. The van der Waals surface area contributed by atoms with Gasteiger partial charge in [-0.05, 0) is 49.9 Å². The first-order valence-corrected chi connectivity index (χ1v) is 9.56. The van der Waals surface area contributed by atoms with Crippen molar-refractivity contribution in [3.05, 3.63) is 53.5 Å². The van der Waals surface area contributed by atoms with Gasteiger partial charge >= 0.3 is 0 Å². The summed E-state index contributed by atoms with van der Waals surface area (Å²) in [6.45, 7) is 6.95. The zero-order chi connectivity index (χ0) is 18.1. The number of carbonyl (C=O) groups excluding carboxylic acids is 1. The molecule has 2 aliphatic rings. The van der Waals surface area contributed by atoms with Crippen LogP contribution in [0.4, 0.5) is 5.69 Å². The molecule has 2 N–H and O–H groups in total. The average Bonchev–Trinajstić information content (AvgIpc) is 3.22. The summed E-state index contributed by atoms with van der Waals surface area (Å²) in [6, 6.07) is 11.0. The van der Waals surface area contributed by atoms with Crippen molar-refractivity contribution in [2.75, 3.05) is 18.0 Å². The number of hydrogen-bond donors (Lipinski definition) is 2. The van der Waals surface area contributed by atoms with E-state index in [0.29, 0.717) is 24.3 Å². The number of nitrogens with zero attached hydrogens (tertiary/aromatic N) is 1. The third-order valence-corrected chi connectivity index (χ3v) is 5.79. The summed E-state index contributed by atoms with van der Waals surface area (Å²) in [4.78, 5) is 15.2. The van der Waals surface area contributed by atoms with Crippen LogP contribution in [0.1, 0.15) is 41.9 Å². The number of furan rings is 1. The van der Waals surface area contributed by atoms with Crippen LogP contribution in [0.15, 0.2) is 41.0 Å². The van der Waals surface area contributed by atoms with Crippen LogP contribution in [0.25, 0.3) is 0 Å². The Balaban J connectivity index is 1.49. The van der Waals surface area contributed by atoms with Crippen molar-refractivity contribution in [2.24, 2.45) is 5.92 Å². The molecule has 3 heterocycles. The van der Waals surface area contributed by atoms with E-state index >= 15 is 0 Å². The van der Waals surface area contributed by atoms with E-state index in [9.17, 15) is 4.79 Å². The van der Waals surface area contributed by atoms with Gasteiger partial charge in [0, 0.05) is 36.4 Å². The van der Waals surface area contributed by atoms with Gasteiger partial charge in [-0.25, -0.2) is 0 Å². The standard InChI is InChI=1S/C21H27N3O2/c1-14-7-9-22-12-18(14)23-21(25)20-17(8-10-26-20)13-24-15(2)11-16-5-3-4-6-19(16)24/h3-6,8,10,14-15,18,22H,7,9,11-13H2,1-2H3,(H,23,25). The van der Waals surface area contributed by atoms with Crippen molar-refractivity contribution in [1.29, 1.82) is 0 Å². The highest BCUT2D eigenvalue weighted by molar-refractivity contribution is 5.93. The van der Waals surface area contributed by atoms with E-state index in [-0.39, 0.29) is 11.9 Å². The van der Waals surface area contributed by atoms with Crippen molar-refractivity contribution in [3.8, 4) is 0 Å². The quantitative estimate of drug-likeness (QED) is 0.887. The zero-order valence-electron chi connectivity index (χ0n) is 15.5. The molecule has 0 saturated carbocycles. The molecule has 0 radical (unpaired) electrons. The summed E-state index contributed by atoms with van der Waals surface area (Å²) in [5.74, 6) is 0.814. The molecule has 1 amide bonds. The van der Waals surface area contributed by atoms with Gasteiger partial charge in [0.15, 0.2) is 5.76 Å². The Morgan fingerprint density at radius 2 is 2.15 bits per heavy atom. The summed E-state index contributed by atoms with van der Waals surface area (Å²) >= 11 is 0. The van der Waals surface area contributed by atoms with Gasteiger partial charge in [0.1, 0.15) is 0 Å². The second-order valence-corrected chi connectivity index (χ2v) is 7.63. The number of nitrogens with one attached hydrogen (secondary N) is 2. The molecule has 1 aromatic carbocycles. The third-order valence-electron chi connectivity index (χ3n) is 5.79. The Bertz CT molecular complexity index is 785. The van der Waals surface area contributed by atoms with Gasteiger partial charge in [-0.3, -0.25) is 4.79 Å². The molecule has 5 heteroatoms. The molecule has 1 saturated heterocycles. The number of para-hydroxylation sites is 1. The lowest BCUT2D eigenvalue weighted by Gasteiger charge is -2.30. The average molecular weight is 353 g/mol. The Labute approximate surface area is 154 Å². The van der Waals surface area contributed by atoms with E-state index in [2.05, 4.69) is 53.6 Å². The van der Waals surface area contributed by atoms with Crippen molar-refractivity contribution in [2.45, 2.75) is 45.3 Å². The van der Waals surface area contributed by atoms with E-state index in [0.717, 1.165) is 31.5 Å². The maximum atomic E-state index is 12.8. The fourth-order valence-corrected chi connectivity index (χ4v) is 4.13. The molecule has 3 atom stereocenters. The first-order chi connectivity index (χ1) is 12.6. The second-order valence-electron chi connectivity index (χ2n) is 7.63. The molecule has 4 rings (SSSR count). The van der Waals surface area contributed by atoms with E-state index in [1.54, 1.807) is 6.26 Å². The fourth-order valence-electron chi connectivity index (χ4n) is 4.13. The van der Waals surface area contributed by atoms with Gasteiger partial charge in [-0.1, -0.05) is 25.1 Å². The summed E-state index contributed by atoms with van der Waals surface area (Å²) < 4.78 is 5.58. The maximum absolute atomic E-state index is 12.8. The van der Waals surface area contributed by atoms with Gasteiger partial charge in [0.05, 0.1) is 6.26 Å². The molecule has 2 aromatic rings. The number of hydrogen-bond acceptors (Lipinski definition) is 4. The Kier molecular flexibility index (Phi) is 4.72. The second kappa shape index (κ2) is 7.16. The van der Waals surface area contributed by atoms with Gasteiger partial charge in [-0.15, -0.1) is 0 Å². The molecule has 138 valence electrons. The third kappa shape index (κ3) is 3.23. The molecule has 0 bridgehead atoms. The number of anilines is 1. The summed E-state index contributed by atoms with van der Waals surface area (Å²) in [5.41, 5.74) is 3.58. The molecule has 26 heavy (non-hydrogen) atoms. The van der Waals surface area contributed by atoms with Crippen molar-refractivity contribution in [3.63, 3.8) is 0 Å². The number of amides is 1. The highest BCUT2D eigenvalue weighted by atomic mass is 16.3. The molecular weight excluding hydrogens is 326 g/mol. The van der Waals surface area contributed by atoms with Crippen LogP contribution in [0.5, 0.6) is 0 Å². The fraction of sp³-hybridized carbons (Fsp3) is 0.476. The van der Waals surface area contributed by atoms with Gasteiger partial charge in [0.2, 0.25) is 0 Å². The molecule has 0 spiro atoms. The van der Waals surface area contributed by atoms with Crippen molar-refractivity contribution >= 4 is 11.6 Å². The maximum Gasteiger partial charge on any atom is 0.287 e. The smallest absolute Gasteiger partial charge is 0.287 e.